The van der Waals surface area contributed by atoms with E-state index in [2.05, 4.69) is 12.4 Å². The van der Waals surface area contributed by atoms with E-state index >= 15 is 0 Å². The van der Waals surface area contributed by atoms with Crippen LogP contribution in [-0.4, -0.2) is 18.1 Å². The summed E-state index contributed by atoms with van der Waals surface area (Å²) in [4.78, 5) is 16.6. The highest BCUT2D eigenvalue weighted by atomic mass is 16.7. The van der Waals surface area contributed by atoms with Gasteiger partial charge in [0.15, 0.2) is 0 Å². The van der Waals surface area contributed by atoms with Crippen molar-refractivity contribution < 1.29 is 9.63 Å². The van der Waals surface area contributed by atoms with Crippen LogP contribution in [0.5, 0.6) is 0 Å². The monoisotopic (exact) mass is 230 g/mol. The van der Waals surface area contributed by atoms with E-state index in [-0.39, 0.29) is 11.5 Å². The van der Waals surface area contributed by atoms with Crippen LogP contribution in [-0.2, 0) is 9.63 Å². The molecule has 0 aromatic rings. The molecule has 0 aromatic carbocycles. The molecule has 4 heteroatoms. The smallest absolute Gasteiger partial charge is 0.243 e. The molecule has 1 amide bonds. The predicted octanol–water partition coefficient (Wildman–Crippen LogP) is 1.99. The van der Waals surface area contributed by atoms with Gasteiger partial charge in [0.1, 0.15) is 0 Å². The average Bonchev–Trinajstić information content (AvgIpc) is 2.20. The molecule has 0 saturated carbocycles. The number of hydroxylamine groups is 1. The average molecular weight is 230 g/mol. The summed E-state index contributed by atoms with van der Waals surface area (Å²) in [6.07, 6.45) is 3.45. The molecule has 0 aliphatic carbocycles. The Morgan fingerprint density at radius 1 is 1.38 bits per heavy atom. The second-order valence-corrected chi connectivity index (χ2v) is 5.13. The van der Waals surface area contributed by atoms with Gasteiger partial charge in [-0.2, -0.15) is 0 Å². The topological polar surface area (TPSA) is 64.4 Å². The lowest BCUT2D eigenvalue weighted by Gasteiger charge is -2.19. The van der Waals surface area contributed by atoms with Crippen LogP contribution in [0.1, 0.15) is 53.4 Å². The lowest BCUT2D eigenvalue weighted by Crippen LogP contribution is -2.33. The summed E-state index contributed by atoms with van der Waals surface area (Å²) < 4.78 is 0. The lowest BCUT2D eigenvalue weighted by molar-refractivity contribution is -0.145. The van der Waals surface area contributed by atoms with Crippen molar-refractivity contribution in [1.82, 2.24) is 5.48 Å². The molecule has 0 bridgehead atoms. The quantitative estimate of drug-likeness (QED) is 0.657. The van der Waals surface area contributed by atoms with Crippen LogP contribution in [0.25, 0.3) is 0 Å². The van der Waals surface area contributed by atoms with Crippen molar-refractivity contribution in [2.24, 2.45) is 11.7 Å². The Bertz CT molecular complexity index is 200. The van der Waals surface area contributed by atoms with Crippen LogP contribution in [0.4, 0.5) is 0 Å². The third-order valence-corrected chi connectivity index (χ3v) is 2.40. The molecule has 0 heterocycles. The highest BCUT2D eigenvalue weighted by Crippen LogP contribution is 2.14. The van der Waals surface area contributed by atoms with Gasteiger partial charge in [-0.05, 0) is 46.1 Å². The van der Waals surface area contributed by atoms with Gasteiger partial charge in [0.2, 0.25) is 5.91 Å². The van der Waals surface area contributed by atoms with Gasteiger partial charge in [0.25, 0.3) is 0 Å². The summed E-state index contributed by atoms with van der Waals surface area (Å²) >= 11 is 0. The standard InChI is InChI=1S/C12H26N2O2/c1-5-10(8-9-13)6-7-11(15)14-16-12(2,3)4/h10H,5-9,13H2,1-4H3,(H,14,15). The van der Waals surface area contributed by atoms with Crippen molar-refractivity contribution in [3.8, 4) is 0 Å². The molecule has 0 fully saturated rings. The van der Waals surface area contributed by atoms with Crippen molar-refractivity contribution >= 4 is 5.91 Å². The molecule has 0 aliphatic rings. The number of rotatable bonds is 7. The van der Waals surface area contributed by atoms with Gasteiger partial charge in [-0.1, -0.05) is 13.3 Å². The van der Waals surface area contributed by atoms with E-state index in [1.54, 1.807) is 0 Å². The van der Waals surface area contributed by atoms with Crippen LogP contribution < -0.4 is 11.2 Å². The van der Waals surface area contributed by atoms with E-state index in [0.717, 1.165) is 19.3 Å². The summed E-state index contributed by atoms with van der Waals surface area (Å²) in [5.74, 6) is 0.496. The Balaban J connectivity index is 3.71. The number of hydrogen-bond acceptors (Lipinski definition) is 3. The Labute approximate surface area is 98.9 Å². The number of hydrogen-bond donors (Lipinski definition) is 2. The van der Waals surface area contributed by atoms with E-state index in [9.17, 15) is 4.79 Å². The fraction of sp³-hybridized carbons (Fsp3) is 0.917. The first-order valence-electron chi connectivity index (χ1n) is 6.06. The fourth-order valence-corrected chi connectivity index (χ4v) is 1.38. The second kappa shape index (κ2) is 7.63. The first-order chi connectivity index (χ1) is 7.39. The summed E-state index contributed by atoms with van der Waals surface area (Å²) in [6, 6.07) is 0. The number of amides is 1. The van der Waals surface area contributed by atoms with E-state index in [4.69, 9.17) is 10.6 Å². The van der Waals surface area contributed by atoms with Gasteiger partial charge in [-0.3, -0.25) is 9.63 Å². The summed E-state index contributed by atoms with van der Waals surface area (Å²) in [7, 11) is 0. The number of nitrogens with two attached hydrogens (primary N) is 1. The van der Waals surface area contributed by atoms with Crippen LogP contribution in [0, 0.1) is 5.92 Å². The zero-order valence-electron chi connectivity index (χ0n) is 11.0. The maximum Gasteiger partial charge on any atom is 0.243 e. The van der Waals surface area contributed by atoms with Gasteiger partial charge >= 0.3 is 0 Å². The molecule has 0 saturated heterocycles. The molecular weight excluding hydrogens is 204 g/mol. The predicted molar refractivity (Wildman–Crippen MR) is 65.7 cm³/mol. The van der Waals surface area contributed by atoms with Crippen LogP contribution >= 0.6 is 0 Å². The molecule has 0 aliphatic heterocycles. The summed E-state index contributed by atoms with van der Waals surface area (Å²) in [5.41, 5.74) is 7.64. The first-order valence-corrected chi connectivity index (χ1v) is 6.06. The third kappa shape index (κ3) is 8.68. The molecule has 0 aromatic heterocycles. The van der Waals surface area contributed by atoms with Crippen molar-refractivity contribution in [2.45, 2.75) is 59.0 Å². The molecule has 16 heavy (non-hydrogen) atoms. The van der Waals surface area contributed by atoms with Crippen molar-refractivity contribution in [3.05, 3.63) is 0 Å². The Hall–Kier alpha value is -0.610. The Morgan fingerprint density at radius 3 is 2.44 bits per heavy atom. The molecule has 4 nitrogen and oxygen atoms in total. The minimum atomic E-state index is -0.336. The maximum atomic E-state index is 11.4. The van der Waals surface area contributed by atoms with E-state index in [0.29, 0.717) is 18.9 Å². The van der Waals surface area contributed by atoms with Crippen LogP contribution in [0.3, 0.4) is 0 Å². The zero-order chi connectivity index (χ0) is 12.6. The zero-order valence-corrected chi connectivity index (χ0v) is 11.0. The maximum absolute atomic E-state index is 11.4. The SMILES string of the molecule is CCC(CCN)CCC(=O)NOC(C)(C)C. The van der Waals surface area contributed by atoms with Crippen molar-refractivity contribution in [3.63, 3.8) is 0 Å². The first kappa shape index (κ1) is 15.4. The minimum Gasteiger partial charge on any atom is -0.330 e. The minimum absolute atomic E-state index is 0.0506. The van der Waals surface area contributed by atoms with Gasteiger partial charge in [0, 0.05) is 6.42 Å². The van der Waals surface area contributed by atoms with E-state index in [1.165, 1.54) is 0 Å². The van der Waals surface area contributed by atoms with Gasteiger partial charge in [-0.15, -0.1) is 0 Å². The third-order valence-electron chi connectivity index (χ3n) is 2.40. The molecule has 0 radical (unpaired) electrons. The summed E-state index contributed by atoms with van der Waals surface area (Å²) in [6.45, 7) is 8.52. The highest BCUT2D eigenvalue weighted by Gasteiger charge is 2.14. The summed E-state index contributed by atoms with van der Waals surface area (Å²) in [5, 5.41) is 0. The normalized spacial score (nSPS) is 13.6. The molecule has 3 N–H and O–H groups in total. The van der Waals surface area contributed by atoms with Crippen LogP contribution in [0.15, 0.2) is 0 Å². The largest absolute Gasteiger partial charge is 0.330 e. The van der Waals surface area contributed by atoms with Gasteiger partial charge in [-0.25, -0.2) is 5.48 Å². The number of nitrogens with one attached hydrogen (secondary N) is 1. The lowest BCUT2D eigenvalue weighted by atomic mass is 9.97. The molecule has 96 valence electrons. The fourth-order valence-electron chi connectivity index (χ4n) is 1.38. The van der Waals surface area contributed by atoms with Gasteiger partial charge in [0.05, 0.1) is 5.60 Å². The second-order valence-electron chi connectivity index (χ2n) is 5.13. The van der Waals surface area contributed by atoms with Crippen LogP contribution in [0.2, 0.25) is 0 Å². The highest BCUT2D eigenvalue weighted by molar-refractivity contribution is 5.74. The van der Waals surface area contributed by atoms with Crippen molar-refractivity contribution in [2.75, 3.05) is 6.54 Å². The number of carbonyl (C=O) groups excluding carboxylic acids is 1. The Kier molecular flexibility index (Phi) is 7.34. The number of carbonyl (C=O) groups is 1. The molecule has 1 unspecified atom stereocenters. The Morgan fingerprint density at radius 2 is 2.00 bits per heavy atom. The molecule has 0 rings (SSSR count). The molecule has 1 atom stereocenters. The van der Waals surface area contributed by atoms with E-state index < -0.39 is 0 Å². The molecular formula is C12H26N2O2. The van der Waals surface area contributed by atoms with Crippen molar-refractivity contribution in [1.29, 1.82) is 0 Å². The van der Waals surface area contributed by atoms with E-state index in [1.807, 2.05) is 20.8 Å². The van der Waals surface area contributed by atoms with Gasteiger partial charge < -0.3 is 5.73 Å². The molecule has 0 spiro atoms.